The second kappa shape index (κ2) is 8.67. The van der Waals surface area contributed by atoms with Gasteiger partial charge in [0.15, 0.2) is 6.29 Å². The molecule has 0 spiro atoms. The van der Waals surface area contributed by atoms with Crippen LogP contribution in [0.4, 0.5) is 0 Å². The van der Waals surface area contributed by atoms with Gasteiger partial charge in [0.2, 0.25) is 0 Å². The minimum atomic E-state index is -0.512. The maximum atomic E-state index is 11.6. The number of carbonyl (C=O) groups is 2. The van der Waals surface area contributed by atoms with Crippen LogP contribution in [0, 0.1) is 0 Å². The number of methoxy groups -OCH3 is 2. The van der Waals surface area contributed by atoms with Gasteiger partial charge in [-0.05, 0) is 42.8 Å². The summed E-state index contributed by atoms with van der Waals surface area (Å²) in [7, 11) is 3.09. The van der Waals surface area contributed by atoms with Crippen molar-refractivity contribution in [1.29, 1.82) is 0 Å². The number of benzene rings is 2. The second-order valence-electron chi connectivity index (χ2n) is 5.52. The lowest BCUT2D eigenvalue weighted by Crippen LogP contribution is -2.08. The van der Waals surface area contributed by atoms with Crippen molar-refractivity contribution in [3.63, 3.8) is 0 Å². The van der Waals surface area contributed by atoms with Gasteiger partial charge in [0.05, 0.1) is 14.2 Å². The van der Waals surface area contributed by atoms with Gasteiger partial charge in [-0.3, -0.25) is 4.79 Å². The molecule has 0 unspecified atom stereocenters. The monoisotopic (exact) mass is 352 g/mol. The van der Waals surface area contributed by atoms with Crippen LogP contribution in [0.25, 0.3) is 11.6 Å². The van der Waals surface area contributed by atoms with Gasteiger partial charge >= 0.3 is 5.97 Å². The summed E-state index contributed by atoms with van der Waals surface area (Å²) in [6.45, 7) is 5.12. The highest BCUT2D eigenvalue weighted by Crippen LogP contribution is 2.29. The third kappa shape index (κ3) is 4.60. The first-order valence-corrected chi connectivity index (χ1v) is 7.85. The molecule has 5 nitrogen and oxygen atoms in total. The quantitative estimate of drug-likeness (QED) is 0.248. The molecule has 26 heavy (non-hydrogen) atoms. The maximum absolute atomic E-state index is 11.6. The highest BCUT2D eigenvalue weighted by atomic mass is 16.5. The lowest BCUT2D eigenvalue weighted by Gasteiger charge is -2.10. The molecule has 0 atom stereocenters. The first-order valence-electron chi connectivity index (χ1n) is 7.85. The smallest absolute Gasteiger partial charge is 0.338 e. The van der Waals surface area contributed by atoms with E-state index in [4.69, 9.17) is 14.2 Å². The Kier molecular flexibility index (Phi) is 6.33. The molecule has 0 amide bonds. The summed E-state index contributed by atoms with van der Waals surface area (Å²) in [5, 5.41) is 0. The van der Waals surface area contributed by atoms with E-state index in [9.17, 15) is 9.59 Å². The summed E-state index contributed by atoms with van der Waals surface area (Å²) in [6, 6.07) is 12.1. The van der Waals surface area contributed by atoms with Gasteiger partial charge in [0.1, 0.15) is 17.2 Å². The Bertz CT molecular complexity index is 847. The van der Waals surface area contributed by atoms with Crippen LogP contribution in [0.15, 0.2) is 54.6 Å². The van der Waals surface area contributed by atoms with Crippen LogP contribution in [0.3, 0.4) is 0 Å². The van der Waals surface area contributed by atoms with Gasteiger partial charge in [0.25, 0.3) is 0 Å². The van der Waals surface area contributed by atoms with Crippen molar-refractivity contribution in [2.75, 3.05) is 14.2 Å². The molecule has 0 fully saturated rings. The van der Waals surface area contributed by atoms with Gasteiger partial charge in [-0.2, -0.15) is 0 Å². The predicted octanol–water partition coefficient (Wildman–Crippen LogP) is 3.92. The number of rotatable bonds is 7. The van der Waals surface area contributed by atoms with Crippen LogP contribution >= 0.6 is 0 Å². The van der Waals surface area contributed by atoms with E-state index in [0.29, 0.717) is 34.0 Å². The fourth-order valence-electron chi connectivity index (χ4n) is 2.20. The van der Waals surface area contributed by atoms with Gasteiger partial charge in [-0.1, -0.05) is 18.7 Å². The molecule has 134 valence electrons. The molecule has 0 aromatic heterocycles. The molecule has 2 rings (SSSR count). The van der Waals surface area contributed by atoms with E-state index >= 15 is 0 Å². The molecule has 2 aromatic rings. The van der Waals surface area contributed by atoms with E-state index in [-0.39, 0.29) is 0 Å². The lowest BCUT2D eigenvalue weighted by molar-refractivity contribution is -0.130. The van der Waals surface area contributed by atoms with Crippen LogP contribution in [0.1, 0.15) is 18.1 Å². The van der Waals surface area contributed by atoms with Crippen molar-refractivity contribution in [3.05, 3.63) is 65.7 Å². The average molecular weight is 352 g/mol. The molecule has 0 aliphatic rings. The van der Waals surface area contributed by atoms with Crippen LogP contribution in [0.5, 0.6) is 17.2 Å². The normalized spacial score (nSPS) is 10.8. The topological polar surface area (TPSA) is 61.8 Å². The lowest BCUT2D eigenvalue weighted by atomic mass is 10.0. The van der Waals surface area contributed by atoms with E-state index in [1.165, 1.54) is 7.11 Å². The molecule has 5 heteroatoms. The fraction of sp³-hybridized carbons (Fsp3) is 0.143. The van der Waals surface area contributed by atoms with E-state index in [2.05, 4.69) is 6.58 Å². The Balaban J connectivity index is 2.35. The zero-order chi connectivity index (χ0) is 19.1. The first-order chi connectivity index (χ1) is 12.5. The number of carbonyl (C=O) groups excluding carboxylic acids is 2. The summed E-state index contributed by atoms with van der Waals surface area (Å²) in [6.07, 6.45) is 2.48. The molecule has 0 saturated heterocycles. The summed E-state index contributed by atoms with van der Waals surface area (Å²) in [4.78, 5) is 23.2. The Labute approximate surface area is 152 Å². The first kappa shape index (κ1) is 19.0. The van der Waals surface area contributed by atoms with Crippen molar-refractivity contribution < 1.29 is 23.8 Å². The minimum Gasteiger partial charge on any atom is -0.497 e. The van der Waals surface area contributed by atoms with Crippen LogP contribution < -0.4 is 14.2 Å². The van der Waals surface area contributed by atoms with Gasteiger partial charge in [0, 0.05) is 22.8 Å². The van der Waals surface area contributed by atoms with Crippen LogP contribution in [0.2, 0.25) is 0 Å². The van der Waals surface area contributed by atoms with Gasteiger partial charge < -0.3 is 14.2 Å². The SMILES string of the molecule is C=C(C)C(=O)Oc1ccc(/C=C(\C=O)c2ccc(OC)cc2)c(OC)c1. The fourth-order valence-corrected chi connectivity index (χ4v) is 2.20. The number of ether oxygens (including phenoxy) is 3. The Morgan fingerprint density at radius 3 is 2.19 bits per heavy atom. The third-order valence-electron chi connectivity index (χ3n) is 3.63. The molecule has 0 aliphatic heterocycles. The zero-order valence-corrected chi connectivity index (χ0v) is 14.9. The van der Waals surface area contributed by atoms with Crippen molar-refractivity contribution in [2.45, 2.75) is 6.92 Å². The second-order valence-corrected chi connectivity index (χ2v) is 5.52. The third-order valence-corrected chi connectivity index (χ3v) is 3.63. The predicted molar refractivity (Wildman–Crippen MR) is 100 cm³/mol. The highest BCUT2D eigenvalue weighted by molar-refractivity contribution is 6.13. The Morgan fingerprint density at radius 1 is 1.00 bits per heavy atom. The van der Waals surface area contributed by atoms with Crippen LogP contribution in [-0.4, -0.2) is 26.5 Å². The number of hydrogen-bond acceptors (Lipinski definition) is 5. The molecular formula is C21H20O5. The minimum absolute atomic E-state index is 0.302. The summed E-state index contributed by atoms with van der Waals surface area (Å²) >= 11 is 0. The van der Waals surface area contributed by atoms with Crippen molar-refractivity contribution in [2.24, 2.45) is 0 Å². The largest absolute Gasteiger partial charge is 0.497 e. The van der Waals surface area contributed by atoms with Crippen molar-refractivity contribution in [3.8, 4) is 17.2 Å². The molecule has 0 bridgehead atoms. The zero-order valence-electron chi connectivity index (χ0n) is 14.9. The maximum Gasteiger partial charge on any atom is 0.338 e. The van der Waals surface area contributed by atoms with E-state index < -0.39 is 5.97 Å². The molecule has 2 aromatic carbocycles. The number of hydrogen-bond donors (Lipinski definition) is 0. The van der Waals surface area contributed by atoms with Gasteiger partial charge in [-0.15, -0.1) is 0 Å². The average Bonchev–Trinajstić information content (AvgIpc) is 2.66. The molecule has 0 heterocycles. The Hall–Kier alpha value is -3.34. The van der Waals surface area contributed by atoms with Crippen molar-refractivity contribution >= 4 is 23.9 Å². The van der Waals surface area contributed by atoms with E-state index in [0.717, 1.165) is 11.8 Å². The summed E-state index contributed by atoms with van der Waals surface area (Å²) in [5.41, 5.74) is 2.22. The summed E-state index contributed by atoms with van der Waals surface area (Å²) < 4.78 is 15.7. The number of esters is 1. The summed E-state index contributed by atoms with van der Waals surface area (Å²) in [5.74, 6) is 1.01. The standard InChI is InChI=1S/C21H20O5/c1-14(2)21(23)26-19-10-7-16(20(12-19)25-4)11-17(13-22)15-5-8-18(24-3)9-6-15/h5-13H,1H2,2-4H3/b17-11+. The number of aldehydes is 1. The molecule has 0 N–H and O–H groups in total. The Morgan fingerprint density at radius 2 is 1.65 bits per heavy atom. The van der Waals surface area contributed by atoms with Crippen LogP contribution in [-0.2, 0) is 9.59 Å². The molecule has 0 aliphatic carbocycles. The van der Waals surface area contributed by atoms with E-state index in [1.807, 2.05) is 0 Å². The molecular weight excluding hydrogens is 332 g/mol. The van der Waals surface area contributed by atoms with E-state index in [1.54, 1.807) is 62.6 Å². The van der Waals surface area contributed by atoms with Crippen molar-refractivity contribution in [1.82, 2.24) is 0 Å². The molecule has 0 saturated carbocycles. The highest BCUT2D eigenvalue weighted by Gasteiger charge is 2.10. The van der Waals surface area contributed by atoms with Gasteiger partial charge in [-0.25, -0.2) is 4.79 Å². The number of allylic oxidation sites excluding steroid dienone is 1. The molecule has 0 radical (unpaired) electrons.